The van der Waals surface area contributed by atoms with E-state index in [2.05, 4.69) is 15.9 Å². The molecule has 2 rings (SSSR count). The van der Waals surface area contributed by atoms with Gasteiger partial charge in [0.1, 0.15) is 6.61 Å². The molecular formula is C17H21ClN4O4. The van der Waals surface area contributed by atoms with Crippen LogP contribution in [0.2, 0.25) is 5.02 Å². The number of aliphatic hydroxyl groups is 1. The highest BCUT2D eigenvalue weighted by atomic mass is 35.5. The molecule has 3 N–H and O–H groups in total. The Balaban J connectivity index is 2.41. The minimum Gasteiger partial charge on any atom is -0.391 e. The van der Waals surface area contributed by atoms with E-state index in [0.717, 1.165) is 10.2 Å². The van der Waals surface area contributed by atoms with Gasteiger partial charge in [0, 0.05) is 12.6 Å². The van der Waals surface area contributed by atoms with Gasteiger partial charge in [-0.2, -0.15) is 5.10 Å². The van der Waals surface area contributed by atoms with E-state index >= 15 is 0 Å². The van der Waals surface area contributed by atoms with Crippen LogP contribution in [0.1, 0.15) is 28.5 Å². The fourth-order valence-corrected chi connectivity index (χ4v) is 2.50. The van der Waals surface area contributed by atoms with Gasteiger partial charge in [-0.3, -0.25) is 14.4 Å². The summed E-state index contributed by atoms with van der Waals surface area (Å²) in [6.45, 7) is 4.93. The Labute approximate surface area is 155 Å². The number of benzene rings is 1. The first-order valence-electron chi connectivity index (χ1n) is 7.92. The molecule has 26 heavy (non-hydrogen) atoms. The van der Waals surface area contributed by atoms with E-state index < -0.39 is 12.0 Å². The average Bonchev–Trinajstić information content (AvgIpc) is 2.56. The van der Waals surface area contributed by atoms with E-state index in [1.807, 2.05) is 13.0 Å². The molecule has 0 unspecified atom stereocenters. The molecule has 0 aliphatic heterocycles. The van der Waals surface area contributed by atoms with Crippen molar-refractivity contribution in [3.63, 3.8) is 0 Å². The fraction of sp³-hybridized carbons (Fsp3) is 0.353. The molecule has 0 aliphatic carbocycles. The third-order valence-electron chi connectivity index (χ3n) is 3.57. The molecule has 8 nitrogen and oxygen atoms in total. The van der Waals surface area contributed by atoms with Gasteiger partial charge in [0.15, 0.2) is 5.69 Å². The van der Waals surface area contributed by atoms with Gasteiger partial charge in [-0.15, -0.1) is 0 Å². The van der Waals surface area contributed by atoms with Crippen molar-refractivity contribution in [2.24, 2.45) is 7.05 Å². The van der Waals surface area contributed by atoms with Crippen LogP contribution in [0.3, 0.4) is 0 Å². The number of anilines is 2. The van der Waals surface area contributed by atoms with Crippen LogP contribution >= 0.6 is 11.6 Å². The Morgan fingerprint density at radius 1 is 1.42 bits per heavy atom. The lowest BCUT2D eigenvalue weighted by Crippen LogP contribution is -2.33. The number of rotatable bonds is 6. The zero-order chi connectivity index (χ0) is 19.4. The van der Waals surface area contributed by atoms with E-state index in [-0.39, 0.29) is 23.5 Å². The molecule has 9 heteroatoms. The van der Waals surface area contributed by atoms with Crippen molar-refractivity contribution >= 4 is 28.9 Å². The monoisotopic (exact) mass is 380 g/mol. The number of amides is 1. The molecule has 140 valence electrons. The number of nitrogens with one attached hydrogen (secondary N) is 2. The number of aryl methyl sites for hydroxylation is 2. The van der Waals surface area contributed by atoms with Crippen molar-refractivity contribution in [2.75, 3.05) is 11.9 Å². The molecule has 0 spiro atoms. The van der Waals surface area contributed by atoms with Gasteiger partial charge in [0.05, 0.1) is 22.5 Å². The number of carbonyl (C=O) groups excluding carboxylic acids is 1. The summed E-state index contributed by atoms with van der Waals surface area (Å²) in [6.07, 6.45) is -0.742. The second-order valence-electron chi connectivity index (χ2n) is 5.98. The molecule has 2 aromatic rings. The highest BCUT2D eigenvalue weighted by molar-refractivity contribution is 6.33. The van der Waals surface area contributed by atoms with Crippen LogP contribution in [0.5, 0.6) is 0 Å². The van der Waals surface area contributed by atoms with Crippen LogP contribution in [-0.4, -0.2) is 33.5 Å². The van der Waals surface area contributed by atoms with Crippen molar-refractivity contribution in [3.05, 3.63) is 50.4 Å². The van der Waals surface area contributed by atoms with E-state index in [0.29, 0.717) is 16.3 Å². The van der Waals surface area contributed by atoms with Crippen LogP contribution in [0.15, 0.2) is 23.0 Å². The van der Waals surface area contributed by atoms with Crippen molar-refractivity contribution in [1.29, 1.82) is 0 Å². The van der Waals surface area contributed by atoms with E-state index in [1.165, 1.54) is 14.0 Å². The number of aromatic nitrogens is 2. The molecule has 0 bridgehead atoms. The van der Waals surface area contributed by atoms with Crippen molar-refractivity contribution in [2.45, 2.75) is 26.9 Å². The summed E-state index contributed by atoms with van der Waals surface area (Å²) in [7, 11) is 1.45. The standard InChI is InChI=1S/C17H21ClN4O4/c1-9-5-6-13(12(18)7-9)19-14-11(3)17(25)22(4)20-15(14)16(24)21-26-8-10(2)23/h5-7,10,19,23H,8H2,1-4H3,(H,21,24)/t10-/m0/s1. The number of hydrogen-bond donors (Lipinski definition) is 3. The van der Waals surface area contributed by atoms with Crippen LogP contribution < -0.4 is 16.4 Å². The lowest BCUT2D eigenvalue weighted by molar-refractivity contribution is -0.00717. The molecular weight excluding hydrogens is 360 g/mol. The second kappa shape index (κ2) is 8.31. The largest absolute Gasteiger partial charge is 0.391 e. The van der Waals surface area contributed by atoms with Gasteiger partial charge < -0.3 is 10.4 Å². The van der Waals surface area contributed by atoms with Crippen LogP contribution in [-0.2, 0) is 11.9 Å². The Hall–Kier alpha value is -2.42. The Morgan fingerprint density at radius 3 is 2.73 bits per heavy atom. The first kappa shape index (κ1) is 19.9. The minimum atomic E-state index is -0.742. The fourth-order valence-electron chi connectivity index (χ4n) is 2.22. The van der Waals surface area contributed by atoms with Gasteiger partial charge in [-0.05, 0) is 38.5 Å². The van der Waals surface area contributed by atoms with E-state index in [1.54, 1.807) is 19.1 Å². The maximum Gasteiger partial charge on any atom is 0.297 e. The van der Waals surface area contributed by atoms with Crippen molar-refractivity contribution < 1.29 is 14.7 Å². The van der Waals surface area contributed by atoms with Gasteiger partial charge in [0.2, 0.25) is 0 Å². The number of halogens is 1. The Bertz CT molecular complexity index is 880. The zero-order valence-corrected chi connectivity index (χ0v) is 15.7. The summed E-state index contributed by atoms with van der Waals surface area (Å²) in [5.41, 5.74) is 3.87. The molecule has 0 aliphatic rings. The number of hydrogen-bond acceptors (Lipinski definition) is 6. The van der Waals surface area contributed by atoms with Crippen LogP contribution in [0.25, 0.3) is 0 Å². The van der Waals surface area contributed by atoms with E-state index in [9.17, 15) is 14.7 Å². The van der Waals surface area contributed by atoms with Gasteiger partial charge >= 0.3 is 0 Å². The quantitative estimate of drug-likeness (QED) is 0.660. The van der Waals surface area contributed by atoms with Crippen molar-refractivity contribution in [1.82, 2.24) is 15.3 Å². The highest BCUT2D eigenvalue weighted by Gasteiger charge is 2.20. The first-order chi connectivity index (χ1) is 12.2. The molecule has 0 saturated carbocycles. The molecule has 1 heterocycles. The lowest BCUT2D eigenvalue weighted by Gasteiger charge is -2.16. The molecule has 1 atom stereocenters. The number of aliphatic hydroxyl groups excluding tert-OH is 1. The SMILES string of the molecule is Cc1ccc(Nc2c(C(=O)NOC[C@H](C)O)nn(C)c(=O)c2C)c(Cl)c1. The van der Waals surface area contributed by atoms with Gasteiger partial charge in [-0.1, -0.05) is 17.7 Å². The number of nitrogens with zero attached hydrogens (tertiary/aromatic N) is 2. The Morgan fingerprint density at radius 2 is 2.12 bits per heavy atom. The predicted octanol–water partition coefficient (Wildman–Crippen LogP) is 1.84. The second-order valence-corrected chi connectivity index (χ2v) is 6.38. The summed E-state index contributed by atoms with van der Waals surface area (Å²) in [4.78, 5) is 29.6. The Kier molecular flexibility index (Phi) is 6.36. The maximum absolute atomic E-state index is 12.4. The summed E-state index contributed by atoms with van der Waals surface area (Å²) in [5, 5.41) is 16.7. The summed E-state index contributed by atoms with van der Waals surface area (Å²) < 4.78 is 1.07. The third kappa shape index (κ3) is 4.60. The molecule has 0 fully saturated rings. The third-order valence-corrected chi connectivity index (χ3v) is 3.88. The van der Waals surface area contributed by atoms with Crippen LogP contribution in [0.4, 0.5) is 11.4 Å². The molecule has 1 amide bonds. The summed E-state index contributed by atoms with van der Waals surface area (Å²) >= 11 is 6.23. The lowest BCUT2D eigenvalue weighted by atomic mass is 10.1. The molecule has 0 radical (unpaired) electrons. The average molecular weight is 381 g/mol. The molecule has 1 aromatic heterocycles. The normalized spacial score (nSPS) is 11.9. The summed E-state index contributed by atoms with van der Waals surface area (Å²) in [6, 6.07) is 5.36. The number of carbonyl (C=O) groups is 1. The minimum absolute atomic E-state index is 0.0353. The highest BCUT2D eigenvalue weighted by Crippen LogP contribution is 2.28. The van der Waals surface area contributed by atoms with Gasteiger partial charge in [-0.25, -0.2) is 10.2 Å². The summed E-state index contributed by atoms with van der Waals surface area (Å²) in [5.74, 6) is -0.657. The van der Waals surface area contributed by atoms with Gasteiger partial charge in [0.25, 0.3) is 11.5 Å². The topological polar surface area (TPSA) is 105 Å². The predicted molar refractivity (Wildman–Crippen MR) is 98.8 cm³/mol. The first-order valence-corrected chi connectivity index (χ1v) is 8.29. The molecule has 1 aromatic carbocycles. The van der Waals surface area contributed by atoms with E-state index in [4.69, 9.17) is 16.4 Å². The maximum atomic E-state index is 12.4. The van der Waals surface area contributed by atoms with Crippen LogP contribution in [0, 0.1) is 13.8 Å². The zero-order valence-electron chi connectivity index (χ0n) is 15.0. The number of hydroxylamine groups is 1. The smallest absolute Gasteiger partial charge is 0.297 e. The molecule has 0 saturated heterocycles. The van der Waals surface area contributed by atoms with Crippen molar-refractivity contribution in [3.8, 4) is 0 Å².